The molecule has 2 aliphatic rings. The zero-order chi connectivity index (χ0) is 12.1. The molecule has 17 heavy (non-hydrogen) atoms. The second kappa shape index (κ2) is 6.69. The molecule has 0 radical (unpaired) electrons. The molecule has 0 aromatic rings. The molecule has 0 spiro atoms. The van der Waals surface area contributed by atoms with E-state index in [0.29, 0.717) is 24.7 Å². The first-order chi connectivity index (χ1) is 8.29. The van der Waals surface area contributed by atoms with Gasteiger partial charge in [-0.1, -0.05) is 19.8 Å². The van der Waals surface area contributed by atoms with E-state index in [-0.39, 0.29) is 6.29 Å². The highest BCUT2D eigenvalue weighted by molar-refractivity contribution is 4.76. The third-order valence-corrected chi connectivity index (χ3v) is 4.04. The molecule has 0 aromatic heterocycles. The van der Waals surface area contributed by atoms with Gasteiger partial charge in [0.05, 0.1) is 13.2 Å². The zero-order valence-corrected chi connectivity index (χ0v) is 10.9. The Labute approximate surface area is 104 Å². The van der Waals surface area contributed by atoms with E-state index in [1.54, 1.807) is 0 Å². The Bertz CT molecular complexity index is 206. The average Bonchev–Trinajstić information content (AvgIpc) is 2.38. The highest BCUT2D eigenvalue weighted by Gasteiger charge is 2.32. The van der Waals surface area contributed by atoms with E-state index in [1.807, 2.05) is 0 Å². The highest BCUT2D eigenvalue weighted by atomic mass is 19.1. The van der Waals surface area contributed by atoms with Crippen molar-refractivity contribution < 1.29 is 13.9 Å². The predicted octanol–water partition coefficient (Wildman–Crippen LogP) is 3.69. The van der Waals surface area contributed by atoms with Crippen molar-refractivity contribution >= 4 is 0 Å². The summed E-state index contributed by atoms with van der Waals surface area (Å²) >= 11 is 0. The molecule has 2 nitrogen and oxygen atoms in total. The minimum Gasteiger partial charge on any atom is -0.352 e. The zero-order valence-electron chi connectivity index (χ0n) is 10.9. The topological polar surface area (TPSA) is 18.5 Å². The third kappa shape index (κ3) is 3.92. The molecule has 0 bridgehead atoms. The van der Waals surface area contributed by atoms with Crippen LogP contribution in [0.4, 0.5) is 4.39 Å². The van der Waals surface area contributed by atoms with Crippen molar-refractivity contribution in [2.45, 2.75) is 64.3 Å². The number of rotatable bonds is 4. The summed E-state index contributed by atoms with van der Waals surface area (Å²) in [6.07, 6.45) is 6.28. The largest absolute Gasteiger partial charge is 0.352 e. The van der Waals surface area contributed by atoms with Crippen LogP contribution in [0.1, 0.15) is 51.9 Å². The smallest absolute Gasteiger partial charge is 0.160 e. The molecule has 1 saturated heterocycles. The quantitative estimate of drug-likeness (QED) is 0.751. The maximum Gasteiger partial charge on any atom is 0.160 e. The Kier molecular flexibility index (Phi) is 5.23. The fourth-order valence-corrected chi connectivity index (χ4v) is 2.84. The maximum absolute atomic E-state index is 13.0. The Morgan fingerprint density at radius 1 is 1.06 bits per heavy atom. The van der Waals surface area contributed by atoms with E-state index < -0.39 is 6.17 Å². The van der Waals surface area contributed by atoms with Crippen molar-refractivity contribution in [2.75, 3.05) is 13.2 Å². The molecule has 0 amide bonds. The van der Waals surface area contributed by atoms with Gasteiger partial charge in [-0.2, -0.15) is 0 Å². The lowest BCUT2D eigenvalue weighted by atomic mass is 9.87. The van der Waals surface area contributed by atoms with E-state index in [9.17, 15) is 4.39 Å². The van der Waals surface area contributed by atoms with Crippen LogP contribution in [0.25, 0.3) is 0 Å². The molecule has 2 rings (SSSR count). The normalized spacial score (nSPS) is 39.2. The molecule has 1 aliphatic heterocycles. The summed E-state index contributed by atoms with van der Waals surface area (Å²) in [5.74, 6) is 0.998. The van der Waals surface area contributed by atoms with Crippen molar-refractivity contribution in [3.05, 3.63) is 0 Å². The molecule has 1 heterocycles. The van der Waals surface area contributed by atoms with E-state index in [1.165, 1.54) is 19.3 Å². The van der Waals surface area contributed by atoms with Crippen molar-refractivity contribution in [3.8, 4) is 0 Å². The first kappa shape index (κ1) is 13.3. The number of alkyl halides is 1. The summed E-state index contributed by atoms with van der Waals surface area (Å²) < 4.78 is 24.7. The Morgan fingerprint density at radius 2 is 1.71 bits per heavy atom. The average molecular weight is 244 g/mol. The van der Waals surface area contributed by atoms with Gasteiger partial charge in [0.1, 0.15) is 6.17 Å². The lowest BCUT2D eigenvalue weighted by molar-refractivity contribution is -0.230. The number of hydrogen-bond acceptors (Lipinski definition) is 2. The van der Waals surface area contributed by atoms with E-state index in [4.69, 9.17) is 9.47 Å². The van der Waals surface area contributed by atoms with Gasteiger partial charge in [0.25, 0.3) is 0 Å². The second-order valence-electron chi connectivity index (χ2n) is 5.56. The van der Waals surface area contributed by atoms with Crippen LogP contribution >= 0.6 is 0 Å². The van der Waals surface area contributed by atoms with Crippen LogP contribution in [-0.2, 0) is 9.47 Å². The van der Waals surface area contributed by atoms with Gasteiger partial charge in [-0.25, -0.2) is 4.39 Å². The van der Waals surface area contributed by atoms with Crippen LogP contribution in [0.15, 0.2) is 0 Å². The summed E-state index contributed by atoms with van der Waals surface area (Å²) in [6.45, 7) is 3.88. The molecule has 0 atom stereocenters. The van der Waals surface area contributed by atoms with Gasteiger partial charge in [0.2, 0.25) is 0 Å². The summed E-state index contributed by atoms with van der Waals surface area (Å²) in [7, 11) is 0. The number of halogens is 1. The van der Waals surface area contributed by atoms with E-state index in [0.717, 1.165) is 26.1 Å². The van der Waals surface area contributed by atoms with Crippen LogP contribution < -0.4 is 0 Å². The minimum absolute atomic E-state index is 0.0552. The van der Waals surface area contributed by atoms with E-state index >= 15 is 0 Å². The SMILES string of the molecule is CCCC[C@H]1CO[C@H](C2CCC(F)CC2)OC1. The van der Waals surface area contributed by atoms with Gasteiger partial charge in [-0.15, -0.1) is 0 Å². The highest BCUT2D eigenvalue weighted by Crippen LogP contribution is 2.32. The number of ether oxygens (including phenoxy) is 2. The van der Waals surface area contributed by atoms with Crippen LogP contribution in [0.5, 0.6) is 0 Å². The molecule has 1 aliphatic carbocycles. The molecule has 2 fully saturated rings. The lowest BCUT2D eigenvalue weighted by Gasteiger charge is -2.36. The third-order valence-electron chi connectivity index (χ3n) is 4.04. The standard InChI is InChI=1S/C14H25FO2/c1-2-3-4-11-9-16-14(17-10-11)12-5-7-13(15)8-6-12/h11-14H,2-10H2,1H3/t11-,12?,13?,14-. The van der Waals surface area contributed by atoms with Crippen molar-refractivity contribution in [1.82, 2.24) is 0 Å². The van der Waals surface area contributed by atoms with Gasteiger partial charge in [0.15, 0.2) is 6.29 Å². The monoisotopic (exact) mass is 244 g/mol. The van der Waals surface area contributed by atoms with Crippen molar-refractivity contribution in [2.24, 2.45) is 11.8 Å². The Morgan fingerprint density at radius 3 is 2.29 bits per heavy atom. The Balaban J connectivity index is 1.68. The fraction of sp³-hybridized carbons (Fsp3) is 1.00. The molecule has 1 saturated carbocycles. The van der Waals surface area contributed by atoms with Crippen LogP contribution in [0, 0.1) is 11.8 Å². The van der Waals surface area contributed by atoms with Gasteiger partial charge in [0, 0.05) is 11.8 Å². The molecular formula is C14H25FO2. The first-order valence-electron chi connectivity index (χ1n) is 7.17. The summed E-state index contributed by atoms with van der Waals surface area (Å²) in [6, 6.07) is 0. The van der Waals surface area contributed by atoms with Gasteiger partial charge in [-0.05, 0) is 32.1 Å². The lowest BCUT2D eigenvalue weighted by Crippen LogP contribution is -2.38. The summed E-state index contributed by atoms with van der Waals surface area (Å²) in [5, 5.41) is 0. The van der Waals surface area contributed by atoms with Crippen LogP contribution in [-0.4, -0.2) is 25.7 Å². The molecule has 0 aromatic carbocycles. The molecule has 0 unspecified atom stereocenters. The van der Waals surface area contributed by atoms with Gasteiger partial charge < -0.3 is 9.47 Å². The fourth-order valence-electron chi connectivity index (χ4n) is 2.84. The van der Waals surface area contributed by atoms with Crippen molar-refractivity contribution in [1.29, 1.82) is 0 Å². The van der Waals surface area contributed by atoms with Crippen LogP contribution in [0.2, 0.25) is 0 Å². The van der Waals surface area contributed by atoms with Gasteiger partial charge >= 0.3 is 0 Å². The summed E-state index contributed by atoms with van der Waals surface area (Å²) in [4.78, 5) is 0. The summed E-state index contributed by atoms with van der Waals surface area (Å²) in [5.41, 5.74) is 0. The van der Waals surface area contributed by atoms with Gasteiger partial charge in [-0.3, -0.25) is 0 Å². The molecular weight excluding hydrogens is 219 g/mol. The Hall–Kier alpha value is -0.150. The molecule has 100 valence electrons. The predicted molar refractivity (Wildman–Crippen MR) is 65.6 cm³/mol. The second-order valence-corrected chi connectivity index (χ2v) is 5.56. The maximum atomic E-state index is 13.0. The number of unbranched alkanes of at least 4 members (excludes halogenated alkanes) is 1. The van der Waals surface area contributed by atoms with E-state index in [2.05, 4.69) is 6.92 Å². The molecule has 3 heteroatoms. The number of hydrogen-bond donors (Lipinski definition) is 0. The minimum atomic E-state index is -0.591. The molecule has 0 N–H and O–H groups in total. The first-order valence-corrected chi connectivity index (χ1v) is 7.17. The van der Waals surface area contributed by atoms with Crippen molar-refractivity contribution in [3.63, 3.8) is 0 Å². The van der Waals surface area contributed by atoms with Crippen LogP contribution in [0.3, 0.4) is 0 Å².